The minimum atomic E-state index is -0.605. The first-order chi connectivity index (χ1) is 15.0. The fraction of sp³-hybridized carbons (Fsp3) is 0.174. The summed E-state index contributed by atoms with van der Waals surface area (Å²) in [5, 5.41) is 18.2. The summed E-state index contributed by atoms with van der Waals surface area (Å²) in [7, 11) is 1.63. The van der Waals surface area contributed by atoms with E-state index in [-0.39, 0.29) is 16.8 Å². The standard InChI is InChI=1S/C23H18ClN3O4/c1-30-16-9-6-14(7-10-16)19-13-20-17-4-2-3-5-22(17)31-23(26(20)25-19)15-8-11-18(24)21(12-15)27(28)29/h2-12,20,23H,13H2,1H3. The summed E-state index contributed by atoms with van der Waals surface area (Å²) in [4.78, 5) is 10.9. The largest absolute Gasteiger partial charge is 0.497 e. The quantitative estimate of drug-likeness (QED) is 0.399. The lowest BCUT2D eigenvalue weighted by Crippen LogP contribution is -2.33. The monoisotopic (exact) mass is 435 g/mol. The van der Waals surface area contributed by atoms with Gasteiger partial charge in [-0.3, -0.25) is 10.1 Å². The van der Waals surface area contributed by atoms with Crippen molar-refractivity contribution in [1.29, 1.82) is 0 Å². The van der Waals surface area contributed by atoms with Crippen LogP contribution >= 0.6 is 11.6 Å². The molecule has 8 heteroatoms. The lowest BCUT2D eigenvalue weighted by atomic mass is 9.96. The van der Waals surface area contributed by atoms with Crippen LogP contribution in [0.5, 0.6) is 11.5 Å². The fourth-order valence-corrected chi connectivity index (χ4v) is 4.22. The van der Waals surface area contributed by atoms with E-state index in [0.717, 1.165) is 28.3 Å². The third kappa shape index (κ3) is 3.37. The minimum absolute atomic E-state index is 0.0400. The van der Waals surface area contributed by atoms with Crippen LogP contribution in [0, 0.1) is 10.1 Å². The molecule has 3 aromatic rings. The number of halogens is 1. The molecule has 0 aliphatic carbocycles. The number of hydrogen-bond donors (Lipinski definition) is 0. The van der Waals surface area contributed by atoms with Gasteiger partial charge in [0, 0.05) is 23.6 Å². The highest BCUT2D eigenvalue weighted by Gasteiger charge is 2.41. The zero-order valence-corrected chi connectivity index (χ0v) is 17.3. The molecule has 0 saturated carbocycles. The number of nitrogens with zero attached hydrogens (tertiary/aromatic N) is 3. The Labute approximate surface area is 183 Å². The van der Waals surface area contributed by atoms with Crippen LogP contribution in [-0.4, -0.2) is 22.8 Å². The third-order valence-corrected chi connectivity index (χ3v) is 5.89. The smallest absolute Gasteiger partial charge is 0.288 e. The molecular formula is C23H18ClN3O4. The van der Waals surface area contributed by atoms with Crippen LogP contribution in [0.1, 0.15) is 35.4 Å². The van der Waals surface area contributed by atoms with E-state index in [9.17, 15) is 10.1 Å². The van der Waals surface area contributed by atoms with Crippen LogP contribution in [0.25, 0.3) is 0 Å². The van der Waals surface area contributed by atoms with E-state index in [4.69, 9.17) is 26.2 Å². The number of benzene rings is 3. The molecule has 0 amide bonds. The first-order valence-corrected chi connectivity index (χ1v) is 10.1. The summed E-state index contributed by atoms with van der Waals surface area (Å²) in [6, 6.07) is 20.3. The predicted molar refractivity (Wildman–Crippen MR) is 117 cm³/mol. The number of nitro groups is 1. The van der Waals surface area contributed by atoms with Crippen molar-refractivity contribution in [1.82, 2.24) is 5.01 Å². The molecule has 2 atom stereocenters. The van der Waals surface area contributed by atoms with E-state index in [2.05, 4.69) is 0 Å². The Hall–Kier alpha value is -3.58. The first kappa shape index (κ1) is 19.4. The second-order valence-electron chi connectivity index (χ2n) is 7.35. The Bertz CT molecular complexity index is 1200. The summed E-state index contributed by atoms with van der Waals surface area (Å²) < 4.78 is 11.5. The third-order valence-electron chi connectivity index (χ3n) is 5.57. The molecule has 0 aromatic heterocycles. The van der Waals surface area contributed by atoms with E-state index in [1.807, 2.05) is 53.5 Å². The van der Waals surface area contributed by atoms with Gasteiger partial charge in [0.05, 0.1) is 23.8 Å². The molecular weight excluding hydrogens is 418 g/mol. The van der Waals surface area contributed by atoms with Crippen LogP contribution in [0.15, 0.2) is 71.8 Å². The van der Waals surface area contributed by atoms with Gasteiger partial charge in [-0.2, -0.15) is 5.10 Å². The minimum Gasteiger partial charge on any atom is -0.497 e. The van der Waals surface area contributed by atoms with Crippen molar-refractivity contribution in [2.45, 2.75) is 18.7 Å². The number of para-hydroxylation sites is 1. The average Bonchev–Trinajstić information content (AvgIpc) is 3.24. The van der Waals surface area contributed by atoms with Gasteiger partial charge in [0.2, 0.25) is 6.23 Å². The molecule has 7 nitrogen and oxygen atoms in total. The van der Waals surface area contributed by atoms with E-state index >= 15 is 0 Å². The van der Waals surface area contributed by atoms with Crippen molar-refractivity contribution in [2.24, 2.45) is 5.10 Å². The Kier molecular flexibility index (Phi) is 4.75. The SMILES string of the molecule is COc1ccc(C2=NN3C(C2)c2ccccc2OC3c2ccc(Cl)c([N+](=O)[O-])c2)cc1. The van der Waals surface area contributed by atoms with E-state index < -0.39 is 11.2 Å². The molecule has 2 heterocycles. The molecule has 0 bridgehead atoms. The van der Waals surface area contributed by atoms with Crippen molar-refractivity contribution in [2.75, 3.05) is 7.11 Å². The van der Waals surface area contributed by atoms with Gasteiger partial charge in [0.25, 0.3) is 5.69 Å². The average molecular weight is 436 g/mol. The van der Waals surface area contributed by atoms with Crippen LogP contribution in [0.4, 0.5) is 5.69 Å². The highest BCUT2D eigenvalue weighted by atomic mass is 35.5. The molecule has 0 N–H and O–H groups in total. The van der Waals surface area contributed by atoms with Crippen LogP contribution in [0.2, 0.25) is 5.02 Å². The fourth-order valence-electron chi connectivity index (χ4n) is 4.04. The molecule has 0 fully saturated rings. The Morgan fingerprint density at radius 3 is 2.68 bits per heavy atom. The lowest BCUT2D eigenvalue weighted by Gasteiger charge is -2.38. The van der Waals surface area contributed by atoms with Crippen molar-refractivity contribution < 1.29 is 14.4 Å². The Morgan fingerprint density at radius 1 is 1.16 bits per heavy atom. The number of methoxy groups -OCH3 is 1. The number of fused-ring (bicyclic) bond motifs is 3. The van der Waals surface area contributed by atoms with Crippen molar-refractivity contribution in [3.05, 3.63) is 98.6 Å². The van der Waals surface area contributed by atoms with Gasteiger partial charge in [0.1, 0.15) is 16.5 Å². The molecule has 31 heavy (non-hydrogen) atoms. The molecule has 5 rings (SSSR count). The maximum atomic E-state index is 11.4. The summed E-state index contributed by atoms with van der Waals surface area (Å²) in [5.41, 5.74) is 3.41. The van der Waals surface area contributed by atoms with Gasteiger partial charge in [-0.25, -0.2) is 5.01 Å². The van der Waals surface area contributed by atoms with E-state index in [1.165, 1.54) is 12.1 Å². The van der Waals surface area contributed by atoms with Crippen molar-refractivity contribution in [3.8, 4) is 11.5 Å². The summed E-state index contributed by atoms with van der Waals surface area (Å²) in [6.45, 7) is 0. The number of rotatable bonds is 4. The highest BCUT2D eigenvalue weighted by Crippen LogP contribution is 2.48. The second kappa shape index (κ2) is 7.59. The second-order valence-corrected chi connectivity index (χ2v) is 7.76. The summed E-state index contributed by atoms with van der Waals surface area (Å²) >= 11 is 6.02. The van der Waals surface area contributed by atoms with Gasteiger partial charge >= 0.3 is 0 Å². The molecule has 156 valence electrons. The lowest BCUT2D eigenvalue weighted by molar-refractivity contribution is -0.384. The summed E-state index contributed by atoms with van der Waals surface area (Å²) in [6.07, 6.45) is 0.0884. The highest BCUT2D eigenvalue weighted by molar-refractivity contribution is 6.32. The predicted octanol–water partition coefficient (Wildman–Crippen LogP) is 5.50. The van der Waals surface area contributed by atoms with Gasteiger partial charge < -0.3 is 9.47 Å². The summed E-state index contributed by atoms with van der Waals surface area (Å²) in [5.74, 6) is 1.53. The van der Waals surface area contributed by atoms with Gasteiger partial charge in [-0.1, -0.05) is 35.9 Å². The molecule has 0 spiro atoms. The van der Waals surface area contributed by atoms with Gasteiger partial charge in [0.15, 0.2) is 0 Å². The zero-order chi connectivity index (χ0) is 21.5. The molecule has 3 aromatic carbocycles. The maximum absolute atomic E-state index is 11.4. The van der Waals surface area contributed by atoms with Crippen molar-refractivity contribution in [3.63, 3.8) is 0 Å². The number of hydrazone groups is 1. The zero-order valence-electron chi connectivity index (χ0n) is 16.6. The van der Waals surface area contributed by atoms with Gasteiger partial charge in [-0.05, 0) is 42.0 Å². The molecule has 2 unspecified atom stereocenters. The van der Waals surface area contributed by atoms with Crippen molar-refractivity contribution >= 4 is 23.0 Å². The van der Waals surface area contributed by atoms with Crippen LogP contribution < -0.4 is 9.47 Å². The normalized spacial score (nSPS) is 19.2. The Morgan fingerprint density at radius 2 is 1.94 bits per heavy atom. The van der Waals surface area contributed by atoms with E-state index in [0.29, 0.717) is 12.0 Å². The Balaban J connectivity index is 1.58. The number of hydrogen-bond acceptors (Lipinski definition) is 6. The number of ether oxygens (including phenoxy) is 2. The molecule has 0 radical (unpaired) electrons. The molecule has 0 saturated heterocycles. The first-order valence-electron chi connectivity index (χ1n) is 9.75. The van der Waals surface area contributed by atoms with Gasteiger partial charge in [-0.15, -0.1) is 0 Å². The number of nitro benzene ring substituents is 1. The van der Waals surface area contributed by atoms with Crippen LogP contribution in [0.3, 0.4) is 0 Å². The molecule has 2 aliphatic heterocycles. The van der Waals surface area contributed by atoms with Crippen LogP contribution in [-0.2, 0) is 0 Å². The topological polar surface area (TPSA) is 77.2 Å². The van der Waals surface area contributed by atoms with E-state index in [1.54, 1.807) is 13.2 Å². The molecule has 2 aliphatic rings. The maximum Gasteiger partial charge on any atom is 0.288 e.